The van der Waals surface area contributed by atoms with Gasteiger partial charge in [0, 0.05) is 27.5 Å². The molecule has 25 heavy (non-hydrogen) atoms. The van der Waals surface area contributed by atoms with E-state index in [2.05, 4.69) is 26.7 Å². The van der Waals surface area contributed by atoms with Gasteiger partial charge in [-0.1, -0.05) is 35.3 Å². The van der Waals surface area contributed by atoms with Crippen molar-refractivity contribution in [1.82, 2.24) is 9.97 Å². The molecule has 5 nitrogen and oxygen atoms in total. The normalized spacial score (nSPS) is 10.2. The molecule has 0 atom stereocenters. The molecule has 0 aliphatic rings. The molecule has 0 saturated heterocycles. The van der Waals surface area contributed by atoms with Crippen LogP contribution in [0.3, 0.4) is 0 Å². The number of anilines is 4. The highest BCUT2D eigenvalue weighted by molar-refractivity contribution is 6.35. The Morgan fingerprint density at radius 3 is 2.40 bits per heavy atom. The van der Waals surface area contributed by atoms with Gasteiger partial charge in [-0.05, 0) is 37.3 Å². The molecule has 0 amide bonds. The lowest BCUT2D eigenvalue weighted by Gasteiger charge is -2.11. The van der Waals surface area contributed by atoms with Crippen molar-refractivity contribution in [2.45, 2.75) is 6.92 Å². The molecule has 0 unspecified atom stereocenters. The quantitative estimate of drug-likeness (QED) is 0.639. The van der Waals surface area contributed by atoms with Crippen LogP contribution in [0.5, 0.6) is 0 Å². The fourth-order valence-corrected chi connectivity index (χ4v) is 2.80. The molecule has 0 radical (unpaired) electrons. The SMILES string of the molecule is Cc1cc(Nc2cc(Cl)cc(Cl)c2)nc(Nc2ccccc2C#N)n1. The summed E-state index contributed by atoms with van der Waals surface area (Å²) >= 11 is 12.0. The van der Waals surface area contributed by atoms with Gasteiger partial charge in [0.05, 0.1) is 11.3 Å². The number of aromatic nitrogens is 2. The highest BCUT2D eigenvalue weighted by Gasteiger charge is 2.07. The molecule has 0 bridgehead atoms. The minimum Gasteiger partial charge on any atom is -0.340 e. The molecule has 2 N–H and O–H groups in total. The lowest BCUT2D eigenvalue weighted by atomic mass is 10.2. The maximum Gasteiger partial charge on any atom is 0.229 e. The summed E-state index contributed by atoms with van der Waals surface area (Å²) in [7, 11) is 0. The molecule has 2 aromatic carbocycles. The van der Waals surface area contributed by atoms with E-state index >= 15 is 0 Å². The maximum absolute atomic E-state index is 9.18. The van der Waals surface area contributed by atoms with E-state index in [9.17, 15) is 5.26 Å². The lowest BCUT2D eigenvalue weighted by Crippen LogP contribution is -2.03. The molecule has 0 aliphatic heterocycles. The van der Waals surface area contributed by atoms with Crippen LogP contribution >= 0.6 is 23.2 Å². The Labute approximate surface area is 155 Å². The van der Waals surface area contributed by atoms with Crippen LogP contribution in [-0.2, 0) is 0 Å². The topological polar surface area (TPSA) is 73.6 Å². The Balaban J connectivity index is 1.89. The van der Waals surface area contributed by atoms with E-state index in [1.165, 1.54) is 0 Å². The third kappa shape index (κ3) is 4.38. The summed E-state index contributed by atoms with van der Waals surface area (Å²) < 4.78 is 0. The molecular formula is C18H13Cl2N5. The minimum atomic E-state index is 0.387. The van der Waals surface area contributed by atoms with Gasteiger partial charge in [-0.2, -0.15) is 10.2 Å². The predicted molar refractivity (Wildman–Crippen MR) is 101 cm³/mol. The molecule has 3 rings (SSSR count). The Hall–Kier alpha value is -2.81. The van der Waals surface area contributed by atoms with E-state index in [1.807, 2.05) is 13.0 Å². The summed E-state index contributed by atoms with van der Waals surface area (Å²) in [4.78, 5) is 8.79. The first-order valence-corrected chi connectivity index (χ1v) is 8.14. The zero-order valence-corrected chi connectivity index (χ0v) is 14.7. The summed E-state index contributed by atoms with van der Waals surface area (Å²) in [6.45, 7) is 1.86. The molecule has 1 aromatic heterocycles. The summed E-state index contributed by atoms with van der Waals surface area (Å²) in [5.41, 5.74) is 2.65. The van der Waals surface area contributed by atoms with Crippen LogP contribution in [0.15, 0.2) is 48.5 Å². The van der Waals surface area contributed by atoms with Crippen molar-refractivity contribution < 1.29 is 0 Å². The van der Waals surface area contributed by atoms with Crippen LogP contribution < -0.4 is 10.6 Å². The number of hydrogen-bond donors (Lipinski definition) is 2. The van der Waals surface area contributed by atoms with Gasteiger partial charge in [0.2, 0.25) is 5.95 Å². The number of rotatable bonds is 4. The molecule has 0 fully saturated rings. The Morgan fingerprint density at radius 2 is 1.68 bits per heavy atom. The van der Waals surface area contributed by atoms with Crippen LogP contribution in [0.2, 0.25) is 10.0 Å². The number of aryl methyl sites for hydroxylation is 1. The average Bonchev–Trinajstić information content (AvgIpc) is 2.53. The van der Waals surface area contributed by atoms with E-state index in [0.29, 0.717) is 33.1 Å². The van der Waals surface area contributed by atoms with Crippen molar-refractivity contribution in [3.05, 3.63) is 69.8 Å². The fourth-order valence-electron chi connectivity index (χ4n) is 2.27. The van der Waals surface area contributed by atoms with Crippen LogP contribution in [-0.4, -0.2) is 9.97 Å². The van der Waals surface area contributed by atoms with Crippen molar-refractivity contribution >= 4 is 46.3 Å². The third-order valence-electron chi connectivity index (χ3n) is 3.28. The number of halogens is 2. The molecule has 0 aliphatic carbocycles. The minimum absolute atomic E-state index is 0.387. The first-order valence-electron chi connectivity index (χ1n) is 7.38. The summed E-state index contributed by atoms with van der Waals surface area (Å²) in [5, 5.41) is 16.5. The van der Waals surface area contributed by atoms with Gasteiger partial charge in [0.25, 0.3) is 0 Å². The molecule has 7 heteroatoms. The Morgan fingerprint density at radius 1 is 0.960 bits per heavy atom. The molecular weight excluding hydrogens is 357 g/mol. The van der Waals surface area contributed by atoms with Gasteiger partial charge >= 0.3 is 0 Å². The molecule has 124 valence electrons. The van der Waals surface area contributed by atoms with E-state index in [0.717, 1.165) is 11.4 Å². The van der Waals surface area contributed by atoms with Crippen molar-refractivity contribution in [2.24, 2.45) is 0 Å². The largest absolute Gasteiger partial charge is 0.340 e. The zero-order chi connectivity index (χ0) is 17.8. The van der Waals surface area contributed by atoms with E-state index in [-0.39, 0.29) is 0 Å². The van der Waals surface area contributed by atoms with Crippen molar-refractivity contribution in [1.29, 1.82) is 5.26 Å². The fraction of sp³-hybridized carbons (Fsp3) is 0.0556. The number of nitrogens with one attached hydrogen (secondary N) is 2. The van der Waals surface area contributed by atoms with Gasteiger partial charge < -0.3 is 10.6 Å². The van der Waals surface area contributed by atoms with Gasteiger partial charge in [-0.25, -0.2) is 4.98 Å². The smallest absolute Gasteiger partial charge is 0.229 e. The van der Waals surface area contributed by atoms with Crippen molar-refractivity contribution in [2.75, 3.05) is 10.6 Å². The molecule has 0 saturated carbocycles. The average molecular weight is 370 g/mol. The third-order valence-corrected chi connectivity index (χ3v) is 3.72. The van der Waals surface area contributed by atoms with Crippen molar-refractivity contribution in [3.63, 3.8) is 0 Å². The van der Waals surface area contributed by atoms with Crippen LogP contribution in [0, 0.1) is 18.3 Å². The number of nitriles is 1. The van der Waals surface area contributed by atoms with Crippen molar-refractivity contribution in [3.8, 4) is 6.07 Å². The predicted octanol–water partition coefficient (Wildman–Crippen LogP) is 5.45. The lowest BCUT2D eigenvalue weighted by molar-refractivity contribution is 1.11. The van der Waals surface area contributed by atoms with Crippen LogP contribution in [0.25, 0.3) is 0 Å². The standard InChI is InChI=1S/C18H13Cl2N5/c1-11-6-17(23-15-8-13(19)7-14(20)9-15)25-18(22-11)24-16-5-3-2-4-12(16)10-21/h2-9H,1H3,(H2,22,23,24,25). The summed E-state index contributed by atoms with van der Waals surface area (Å²) in [5.74, 6) is 0.973. The Kier molecular flexibility index (Phi) is 5.03. The Bertz CT molecular complexity index is 946. The maximum atomic E-state index is 9.18. The first-order chi connectivity index (χ1) is 12.0. The number of hydrogen-bond acceptors (Lipinski definition) is 5. The van der Waals surface area contributed by atoms with Crippen LogP contribution in [0.1, 0.15) is 11.3 Å². The zero-order valence-electron chi connectivity index (χ0n) is 13.2. The highest BCUT2D eigenvalue weighted by atomic mass is 35.5. The highest BCUT2D eigenvalue weighted by Crippen LogP contribution is 2.26. The molecule has 3 aromatic rings. The second-order valence-electron chi connectivity index (χ2n) is 5.28. The van der Waals surface area contributed by atoms with Gasteiger partial charge in [-0.15, -0.1) is 0 Å². The summed E-state index contributed by atoms with van der Waals surface area (Å²) in [6.07, 6.45) is 0. The van der Waals surface area contributed by atoms with Gasteiger partial charge in [-0.3, -0.25) is 0 Å². The van der Waals surface area contributed by atoms with E-state index in [1.54, 1.807) is 42.5 Å². The van der Waals surface area contributed by atoms with E-state index < -0.39 is 0 Å². The van der Waals surface area contributed by atoms with E-state index in [4.69, 9.17) is 23.2 Å². The van der Waals surface area contributed by atoms with Gasteiger partial charge in [0.15, 0.2) is 0 Å². The molecule has 1 heterocycles. The monoisotopic (exact) mass is 369 g/mol. The van der Waals surface area contributed by atoms with Crippen LogP contribution in [0.4, 0.5) is 23.1 Å². The van der Waals surface area contributed by atoms with Gasteiger partial charge in [0.1, 0.15) is 11.9 Å². The number of nitrogens with zero attached hydrogens (tertiary/aromatic N) is 3. The second kappa shape index (κ2) is 7.39. The summed E-state index contributed by atoms with van der Waals surface area (Å²) in [6, 6.07) is 16.3. The molecule has 0 spiro atoms. The second-order valence-corrected chi connectivity index (χ2v) is 6.16. The first kappa shape index (κ1) is 17.0. The number of benzene rings is 2. The number of para-hydroxylation sites is 1.